The van der Waals surface area contributed by atoms with Crippen LogP contribution in [0.25, 0.3) is 0 Å². The molecule has 1 saturated heterocycles. The summed E-state index contributed by atoms with van der Waals surface area (Å²) in [6.07, 6.45) is 6.90. The van der Waals surface area contributed by atoms with Gasteiger partial charge in [-0.15, -0.1) is 0 Å². The van der Waals surface area contributed by atoms with Crippen LogP contribution >= 0.6 is 0 Å². The first-order chi connectivity index (χ1) is 12.8. The third-order valence-electron chi connectivity index (χ3n) is 5.12. The summed E-state index contributed by atoms with van der Waals surface area (Å²) in [6.45, 7) is 1.58. The van der Waals surface area contributed by atoms with E-state index in [2.05, 4.69) is 21.4 Å². The third kappa shape index (κ3) is 3.85. The Balaban J connectivity index is 1.32. The zero-order valence-corrected chi connectivity index (χ0v) is 14.6. The second kappa shape index (κ2) is 7.83. The number of anilines is 1. The van der Waals surface area contributed by atoms with Gasteiger partial charge < -0.3 is 14.8 Å². The minimum atomic E-state index is -0.0303. The molecule has 1 saturated carbocycles. The van der Waals surface area contributed by atoms with E-state index in [1.807, 2.05) is 18.2 Å². The number of aromatic nitrogens is 2. The lowest BCUT2D eigenvalue weighted by atomic mass is 9.81. The third-order valence-corrected chi connectivity index (χ3v) is 5.12. The van der Waals surface area contributed by atoms with Gasteiger partial charge in [-0.25, -0.2) is 9.97 Å². The SMILES string of the molecule is O=C(Nc1ccccn1)C1CC(Oc2ncccc2C2CCOCC2)C1. The van der Waals surface area contributed by atoms with Crippen LogP contribution in [0.5, 0.6) is 5.88 Å². The number of pyridine rings is 2. The van der Waals surface area contributed by atoms with Crippen LogP contribution in [0.15, 0.2) is 42.7 Å². The fraction of sp³-hybridized carbons (Fsp3) is 0.450. The van der Waals surface area contributed by atoms with Crippen molar-refractivity contribution in [2.24, 2.45) is 5.92 Å². The van der Waals surface area contributed by atoms with Crippen molar-refractivity contribution in [2.75, 3.05) is 18.5 Å². The summed E-state index contributed by atoms with van der Waals surface area (Å²) in [5.74, 6) is 1.73. The lowest BCUT2D eigenvalue weighted by Crippen LogP contribution is -2.41. The minimum absolute atomic E-state index is 0.00854. The number of ether oxygens (including phenoxy) is 2. The molecule has 1 aliphatic heterocycles. The van der Waals surface area contributed by atoms with Crippen LogP contribution < -0.4 is 10.1 Å². The molecule has 1 aliphatic carbocycles. The summed E-state index contributed by atoms with van der Waals surface area (Å²) in [7, 11) is 0. The van der Waals surface area contributed by atoms with Crippen molar-refractivity contribution in [3.63, 3.8) is 0 Å². The lowest BCUT2D eigenvalue weighted by molar-refractivity contribution is -0.125. The molecule has 136 valence electrons. The summed E-state index contributed by atoms with van der Waals surface area (Å²) in [5, 5.41) is 2.86. The number of hydrogen-bond acceptors (Lipinski definition) is 5. The number of nitrogens with one attached hydrogen (secondary N) is 1. The quantitative estimate of drug-likeness (QED) is 0.894. The Morgan fingerprint density at radius 3 is 2.65 bits per heavy atom. The molecule has 6 nitrogen and oxygen atoms in total. The van der Waals surface area contributed by atoms with Crippen LogP contribution in [0, 0.1) is 5.92 Å². The Morgan fingerprint density at radius 1 is 1.08 bits per heavy atom. The fourth-order valence-electron chi connectivity index (χ4n) is 3.52. The van der Waals surface area contributed by atoms with E-state index in [-0.39, 0.29) is 17.9 Å². The highest BCUT2D eigenvalue weighted by Gasteiger charge is 2.37. The predicted octanol–water partition coefficient (Wildman–Crippen LogP) is 3.17. The van der Waals surface area contributed by atoms with Crippen LogP contribution in [0.3, 0.4) is 0 Å². The van der Waals surface area contributed by atoms with Crippen molar-refractivity contribution in [2.45, 2.75) is 37.7 Å². The molecule has 2 aromatic heterocycles. The molecule has 6 heteroatoms. The average Bonchev–Trinajstić information content (AvgIpc) is 2.66. The van der Waals surface area contributed by atoms with Gasteiger partial charge >= 0.3 is 0 Å². The van der Waals surface area contributed by atoms with Gasteiger partial charge in [-0.1, -0.05) is 12.1 Å². The van der Waals surface area contributed by atoms with E-state index in [0.717, 1.165) is 31.6 Å². The van der Waals surface area contributed by atoms with E-state index in [0.29, 0.717) is 30.5 Å². The highest BCUT2D eigenvalue weighted by Crippen LogP contribution is 2.36. The van der Waals surface area contributed by atoms with Gasteiger partial charge in [0.05, 0.1) is 0 Å². The normalized spacial score (nSPS) is 23.1. The molecule has 0 atom stereocenters. The highest BCUT2D eigenvalue weighted by atomic mass is 16.5. The van der Waals surface area contributed by atoms with E-state index >= 15 is 0 Å². The zero-order chi connectivity index (χ0) is 17.8. The Bertz CT molecular complexity index is 741. The zero-order valence-electron chi connectivity index (χ0n) is 14.6. The number of rotatable bonds is 5. The molecular weight excluding hydrogens is 330 g/mol. The topological polar surface area (TPSA) is 73.3 Å². The average molecular weight is 353 g/mol. The van der Waals surface area contributed by atoms with Crippen molar-refractivity contribution in [3.05, 3.63) is 48.3 Å². The largest absolute Gasteiger partial charge is 0.474 e. The predicted molar refractivity (Wildman–Crippen MR) is 97.0 cm³/mol. The van der Waals surface area contributed by atoms with Gasteiger partial charge in [0.1, 0.15) is 11.9 Å². The first-order valence-corrected chi connectivity index (χ1v) is 9.21. The molecule has 0 radical (unpaired) electrons. The van der Waals surface area contributed by atoms with Crippen LogP contribution in [-0.2, 0) is 9.53 Å². The minimum Gasteiger partial charge on any atom is -0.474 e. The second-order valence-corrected chi connectivity index (χ2v) is 6.90. The Morgan fingerprint density at radius 2 is 1.88 bits per heavy atom. The maximum Gasteiger partial charge on any atom is 0.228 e. The van der Waals surface area contributed by atoms with Crippen LogP contribution in [0.4, 0.5) is 5.82 Å². The van der Waals surface area contributed by atoms with Crippen LogP contribution in [0.1, 0.15) is 37.2 Å². The van der Waals surface area contributed by atoms with Crippen molar-refractivity contribution in [3.8, 4) is 5.88 Å². The van der Waals surface area contributed by atoms with Gasteiger partial charge in [-0.3, -0.25) is 4.79 Å². The molecule has 0 spiro atoms. The van der Waals surface area contributed by atoms with Crippen molar-refractivity contribution in [1.29, 1.82) is 0 Å². The standard InChI is InChI=1S/C20H23N3O3/c24-19(23-18-5-1-2-8-21-18)15-12-16(13-15)26-20-17(4-3-9-22-20)14-6-10-25-11-7-14/h1-5,8-9,14-16H,6-7,10-13H2,(H,21,23,24). The molecule has 0 aromatic carbocycles. The summed E-state index contributed by atoms with van der Waals surface area (Å²) < 4.78 is 11.6. The van der Waals surface area contributed by atoms with Gasteiger partial charge in [0.25, 0.3) is 0 Å². The van der Waals surface area contributed by atoms with E-state index in [4.69, 9.17) is 9.47 Å². The van der Waals surface area contributed by atoms with Gasteiger partial charge in [-0.2, -0.15) is 0 Å². The Labute approximate surface area is 153 Å². The van der Waals surface area contributed by atoms with E-state index in [1.165, 1.54) is 0 Å². The molecule has 1 N–H and O–H groups in total. The lowest BCUT2D eigenvalue weighted by Gasteiger charge is -2.35. The molecular formula is C20H23N3O3. The van der Waals surface area contributed by atoms with Crippen molar-refractivity contribution < 1.29 is 14.3 Å². The van der Waals surface area contributed by atoms with Gasteiger partial charge in [0.15, 0.2) is 0 Å². The summed E-state index contributed by atoms with van der Waals surface area (Å²) in [4.78, 5) is 20.8. The van der Waals surface area contributed by atoms with Crippen molar-refractivity contribution >= 4 is 11.7 Å². The van der Waals surface area contributed by atoms with E-state index in [1.54, 1.807) is 18.5 Å². The molecule has 4 rings (SSSR count). The monoisotopic (exact) mass is 353 g/mol. The maximum atomic E-state index is 12.3. The summed E-state index contributed by atoms with van der Waals surface area (Å²) >= 11 is 0. The number of nitrogens with zero attached hydrogens (tertiary/aromatic N) is 2. The molecule has 3 heterocycles. The smallest absolute Gasteiger partial charge is 0.228 e. The molecule has 2 aliphatic rings. The van der Waals surface area contributed by atoms with Gasteiger partial charge in [-0.05, 0) is 49.8 Å². The number of carbonyl (C=O) groups is 1. The number of amides is 1. The first-order valence-electron chi connectivity index (χ1n) is 9.21. The summed E-state index contributed by atoms with van der Waals surface area (Å²) in [6, 6.07) is 9.53. The van der Waals surface area contributed by atoms with Crippen LogP contribution in [0.2, 0.25) is 0 Å². The molecule has 2 fully saturated rings. The number of carbonyl (C=O) groups excluding carboxylic acids is 1. The van der Waals surface area contributed by atoms with Crippen molar-refractivity contribution in [1.82, 2.24) is 9.97 Å². The first kappa shape index (κ1) is 17.0. The molecule has 2 aromatic rings. The fourth-order valence-corrected chi connectivity index (χ4v) is 3.52. The molecule has 0 unspecified atom stereocenters. The molecule has 1 amide bonds. The van der Waals surface area contributed by atoms with Gasteiger partial charge in [0.2, 0.25) is 11.8 Å². The van der Waals surface area contributed by atoms with E-state index in [9.17, 15) is 4.79 Å². The maximum absolute atomic E-state index is 12.3. The molecule has 26 heavy (non-hydrogen) atoms. The highest BCUT2D eigenvalue weighted by molar-refractivity contribution is 5.92. The van der Waals surface area contributed by atoms with E-state index < -0.39 is 0 Å². The number of hydrogen-bond donors (Lipinski definition) is 1. The van der Waals surface area contributed by atoms with Gasteiger partial charge in [0, 0.05) is 37.1 Å². The Hall–Kier alpha value is -2.47. The van der Waals surface area contributed by atoms with Crippen LogP contribution in [-0.4, -0.2) is 35.2 Å². The second-order valence-electron chi connectivity index (χ2n) is 6.90. The molecule has 0 bridgehead atoms. The Kier molecular flexibility index (Phi) is 5.11. The summed E-state index contributed by atoms with van der Waals surface area (Å²) in [5.41, 5.74) is 1.16.